The minimum atomic E-state index is -0.545. The van der Waals surface area contributed by atoms with Gasteiger partial charge in [0.15, 0.2) is 23.1 Å². The Hall–Kier alpha value is -5.58. The average molecular weight is 641 g/mol. The summed E-state index contributed by atoms with van der Waals surface area (Å²) < 4.78 is 0. The Morgan fingerprint density at radius 1 is 0.479 bits per heavy atom. The molecule has 4 aromatic rings. The van der Waals surface area contributed by atoms with Crippen LogP contribution < -0.4 is 10.6 Å². The number of nitrogens with one attached hydrogen (secondary N) is 2. The summed E-state index contributed by atoms with van der Waals surface area (Å²) in [5.41, 5.74) is 2.86. The lowest BCUT2D eigenvalue weighted by atomic mass is 9.83. The molecule has 240 valence electrons. The van der Waals surface area contributed by atoms with Gasteiger partial charge >= 0.3 is 0 Å². The van der Waals surface area contributed by atoms with E-state index in [9.17, 15) is 28.8 Å². The summed E-state index contributed by atoms with van der Waals surface area (Å²) in [5.74, 6) is -1.73. The molecule has 10 nitrogen and oxygen atoms in total. The second-order valence-corrected chi connectivity index (χ2v) is 12.3. The van der Waals surface area contributed by atoms with Gasteiger partial charge in [0.05, 0.1) is 34.6 Å². The predicted octanol–water partition coefficient (Wildman–Crippen LogP) is 4.21. The first kappa shape index (κ1) is 31.0. The zero-order valence-electron chi connectivity index (χ0n) is 26.4. The lowest BCUT2D eigenvalue weighted by Crippen LogP contribution is -2.56. The largest absolute Gasteiger partial charge is 0.324 e. The Kier molecular flexibility index (Phi) is 7.90. The molecular formula is C38H32N4O6. The van der Waals surface area contributed by atoms with E-state index in [2.05, 4.69) is 10.6 Å². The van der Waals surface area contributed by atoms with Gasteiger partial charge in [-0.25, -0.2) is 0 Å². The normalized spacial score (nSPS) is 17.0. The Morgan fingerprint density at radius 3 is 1.15 bits per heavy atom. The molecule has 48 heavy (non-hydrogen) atoms. The van der Waals surface area contributed by atoms with Gasteiger partial charge in [-0.2, -0.15) is 0 Å². The fourth-order valence-corrected chi connectivity index (χ4v) is 6.82. The Morgan fingerprint density at radius 2 is 0.792 bits per heavy atom. The Bertz CT molecular complexity index is 1910. The van der Waals surface area contributed by atoms with Crippen LogP contribution in [0.1, 0.15) is 77.5 Å². The van der Waals surface area contributed by atoms with E-state index < -0.39 is 12.1 Å². The molecule has 3 aliphatic rings. The van der Waals surface area contributed by atoms with Crippen molar-refractivity contribution in [3.63, 3.8) is 0 Å². The maximum absolute atomic E-state index is 13.4. The van der Waals surface area contributed by atoms with Crippen molar-refractivity contribution in [2.75, 3.05) is 36.8 Å². The second kappa shape index (κ2) is 12.2. The third-order valence-corrected chi connectivity index (χ3v) is 9.62. The first-order valence-corrected chi connectivity index (χ1v) is 15.9. The molecule has 1 heterocycles. The maximum Gasteiger partial charge on any atom is 0.241 e. The van der Waals surface area contributed by atoms with E-state index in [0.717, 1.165) is 0 Å². The van der Waals surface area contributed by atoms with Crippen molar-refractivity contribution in [3.8, 4) is 0 Å². The van der Waals surface area contributed by atoms with Crippen molar-refractivity contribution in [2.24, 2.45) is 0 Å². The molecule has 0 aromatic heterocycles. The molecule has 2 N–H and O–H groups in total. The van der Waals surface area contributed by atoms with Crippen LogP contribution in [-0.4, -0.2) is 83.0 Å². The van der Waals surface area contributed by atoms with E-state index in [0.29, 0.717) is 59.8 Å². The first-order valence-electron chi connectivity index (χ1n) is 15.9. The van der Waals surface area contributed by atoms with E-state index in [1.54, 1.807) is 98.8 Å². The zero-order chi connectivity index (χ0) is 33.7. The van der Waals surface area contributed by atoms with Gasteiger partial charge in [-0.15, -0.1) is 0 Å². The Balaban J connectivity index is 0.990. The van der Waals surface area contributed by atoms with Crippen LogP contribution in [0.4, 0.5) is 11.4 Å². The van der Waals surface area contributed by atoms with Crippen LogP contribution in [-0.2, 0) is 9.59 Å². The van der Waals surface area contributed by atoms with Crippen LogP contribution in [0, 0.1) is 0 Å². The van der Waals surface area contributed by atoms with E-state index in [4.69, 9.17) is 0 Å². The quantitative estimate of drug-likeness (QED) is 0.277. The number of carbonyl (C=O) groups excluding carboxylic acids is 6. The number of nitrogens with zero attached hydrogens (tertiary/aromatic N) is 2. The van der Waals surface area contributed by atoms with E-state index >= 15 is 0 Å². The molecule has 2 amide bonds. The number of piperazine rings is 1. The van der Waals surface area contributed by atoms with Gasteiger partial charge in [0, 0.05) is 59.6 Å². The number of carbonyl (C=O) groups is 6. The van der Waals surface area contributed by atoms with Crippen molar-refractivity contribution in [1.82, 2.24) is 9.80 Å². The molecule has 0 radical (unpaired) electrons. The molecule has 7 rings (SSSR count). The van der Waals surface area contributed by atoms with Crippen LogP contribution in [0.3, 0.4) is 0 Å². The maximum atomic E-state index is 13.4. The van der Waals surface area contributed by atoms with Gasteiger partial charge in [0.1, 0.15) is 0 Å². The monoisotopic (exact) mass is 640 g/mol. The standard InChI is InChI=1S/C38H32N4O6/c1-21(37(47)39-29-15-7-13-27-31(29)35(45)25-11-5-3-9-23(25)33(27)43)41-17-19-42(20-18-41)22(2)38(48)40-30-16-8-14-28-32(30)36(46)26-12-6-4-10-24(26)34(28)44/h3-16,21-22H,17-20H2,1-2H3,(H,39,47)(H,40,48). The number of anilines is 2. The van der Waals surface area contributed by atoms with Crippen LogP contribution >= 0.6 is 0 Å². The number of benzene rings is 4. The van der Waals surface area contributed by atoms with Gasteiger partial charge < -0.3 is 10.6 Å². The molecule has 4 aromatic carbocycles. The lowest BCUT2D eigenvalue weighted by Gasteiger charge is -2.39. The second-order valence-electron chi connectivity index (χ2n) is 12.3. The summed E-state index contributed by atoms with van der Waals surface area (Å²) in [6.45, 7) is 5.60. The molecule has 1 aliphatic heterocycles. The lowest BCUT2D eigenvalue weighted by molar-refractivity contribution is -0.124. The average Bonchev–Trinajstić information content (AvgIpc) is 3.12. The molecule has 1 fully saturated rings. The molecular weight excluding hydrogens is 608 g/mol. The molecule has 0 spiro atoms. The SMILES string of the molecule is CC(C(=O)Nc1cccc2c1C(=O)c1ccccc1C2=O)N1CCN(C(C)C(=O)Nc2cccc3c2C(=O)c2ccccc2C3=O)CC1. The highest BCUT2D eigenvalue weighted by Gasteiger charge is 2.35. The van der Waals surface area contributed by atoms with Crippen LogP contribution in [0.15, 0.2) is 84.9 Å². The molecule has 10 heteroatoms. The molecule has 2 unspecified atom stereocenters. The Labute approximate surface area is 276 Å². The smallest absolute Gasteiger partial charge is 0.241 e. The summed E-state index contributed by atoms with van der Waals surface area (Å²) >= 11 is 0. The third kappa shape index (κ3) is 5.15. The van der Waals surface area contributed by atoms with Crippen LogP contribution in [0.5, 0.6) is 0 Å². The third-order valence-electron chi connectivity index (χ3n) is 9.62. The molecule has 0 saturated carbocycles. The van der Waals surface area contributed by atoms with Gasteiger partial charge in [-0.05, 0) is 26.0 Å². The molecule has 2 atom stereocenters. The fraction of sp³-hybridized carbons (Fsp3) is 0.211. The highest BCUT2D eigenvalue weighted by molar-refractivity contribution is 6.31. The van der Waals surface area contributed by atoms with Crippen molar-refractivity contribution < 1.29 is 28.8 Å². The number of fused-ring (bicyclic) bond motifs is 4. The highest BCUT2D eigenvalue weighted by Crippen LogP contribution is 2.33. The van der Waals surface area contributed by atoms with E-state index in [1.807, 2.05) is 9.80 Å². The first-order chi connectivity index (χ1) is 23.2. The molecule has 1 saturated heterocycles. The van der Waals surface area contributed by atoms with Gasteiger partial charge in [-0.3, -0.25) is 38.6 Å². The summed E-state index contributed by atoms with van der Waals surface area (Å²) in [7, 11) is 0. The highest BCUT2D eigenvalue weighted by atomic mass is 16.2. The fourth-order valence-electron chi connectivity index (χ4n) is 6.82. The predicted molar refractivity (Wildman–Crippen MR) is 179 cm³/mol. The van der Waals surface area contributed by atoms with Gasteiger partial charge in [-0.1, -0.05) is 72.8 Å². The minimum absolute atomic E-state index is 0.196. The van der Waals surface area contributed by atoms with Crippen molar-refractivity contribution in [3.05, 3.63) is 129 Å². The van der Waals surface area contributed by atoms with Gasteiger partial charge in [0.2, 0.25) is 11.8 Å². The number of ketones is 4. The summed E-state index contributed by atoms with van der Waals surface area (Å²) in [6, 6.07) is 22.0. The number of rotatable bonds is 6. The van der Waals surface area contributed by atoms with E-state index in [1.165, 1.54) is 0 Å². The molecule has 0 bridgehead atoms. The van der Waals surface area contributed by atoms with Crippen molar-refractivity contribution >= 4 is 46.3 Å². The number of hydrogen-bond acceptors (Lipinski definition) is 8. The zero-order valence-corrected chi connectivity index (χ0v) is 26.4. The van der Waals surface area contributed by atoms with E-state index in [-0.39, 0.29) is 57.2 Å². The topological polar surface area (TPSA) is 133 Å². The number of hydrogen-bond donors (Lipinski definition) is 2. The summed E-state index contributed by atoms with van der Waals surface area (Å²) in [4.78, 5) is 83.8. The van der Waals surface area contributed by atoms with Crippen molar-refractivity contribution in [1.29, 1.82) is 0 Å². The van der Waals surface area contributed by atoms with Gasteiger partial charge in [0.25, 0.3) is 0 Å². The summed E-state index contributed by atoms with van der Waals surface area (Å²) in [5, 5.41) is 5.77. The van der Waals surface area contributed by atoms with Crippen molar-refractivity contribution in [2.45, 2.75) is 25.9 Å². The minimum Gasteiger partial charge on any atom is -0.324 e. The number of amides is 2. The van der Waals surface area contributed by atoms with Crippen LogP contribution in [0.25, 0.3) is 0 Å². The van der Waals surface area contributed by atoms with Crippen LogP contribution in [0.2, 0.25) is 0 Å². The molecule has 2 aliphatic carbocycles. The summed E-state index contributed by atoms with van der Waals surface area (Å²) in [6.07, 6.45) is 0.